The molecule has 0 unspecified atom stereocenters. The van der Waals surface area contributed by atoms with E-state index < -0.39 is 16.2 Å². The van der Waals surface area contributed by atoms with Crippen LogP contribution < -0.4 is 0 Å². The highest BCUT2D eigenvalue weighted by atomic mass is 32.2. The Morgan fingerprint density at radius 1 is 1.41 bits per heavy atom. The Balaban J connectivity index is 2.10. The third kappa shape index (κ3) is 3.04. The second kappa shape index (κ2) is 4.85. The lowest BCUT2D eigenvalue weighted by Gasteiger charge is -2.03. The number of aliphatic imine (C=N–C) groups is 1. The first-order chi connectivity index (χ1) is 8.11. The van der Waals surface area contributed by atoms with E-state index in [0.29, 0.717) is 5.90 Å². The lowest BCUT2D eigenvalue weighted by Crippen LogP contribution is -2.21. The van der Waals surface area contributed by atoms with Crippen LogP contribution in [0.25, 0.3) is 0 Å². The van der Waals surface area contributed by atoms with Crippen molar-refractivity contribution in [3.8, 4) is 0 Å². The van der Waals surface area contributed by atoms with Crippen LogP contribution in [0.3, 0.4) is 0 Å². The fourth-order valence-corrected chi connectivity index (χ4v) is 2.32. The summed E-state index contributed by atoms with van der Waals surface area (Å²) >= 11 is 0. The highest BCUT2D eigenvalue weighted by molar-refractivity contribution is 7.86. The van der Waals surface area contributed by atoms with Gasteiger partial charge in [0.25, 0.3) is 10.1 Å². The Hall–Kier alpha value is -1.40. The number of benzene rings is 1. The van der Waals surface area contributed by atoms with Gasteiger partial charge in [-0.15, -0.1) is 0 Å². The number of nitrogens with zero attached hydrogens (tertiary/aromatic N) is 1. The first-order valence-electron chi connectivity index (χ1n) is 5.15. The molecule has 0 radical (unpaired) electrons. The maximum atomic E-state index is 11.3. The molecular formula is C11H13NO4S. The van der Waals surface area contributed by atoms with Gasteiger partial charge < -0.3 is 4.74 Å². The summed E-state index contributed by atoms with van der Waals surface area (Å²) in [5.41, 5.74) is 0.852. The monoisotopic (exact) mass is 255 g/mol. The molecule has 1 aliphatic heterocycles. The molecule has 5 nitrogen and oxygen atoms in total. The van der Waals surface area contributed by atoms with E-state index in [1.165, 1.54) is 0 Å². The van der Waals surface area contributed by atoms with Crippen LogP contribution in [-0.2, 0) is 19.0 Å². The van der Waals surface area contributed by atoms with Crippen molar-refractivity contribution in [1.29, 1.82) is 0 Å². The zero-order chi connectivity index (χ0) is 12.3. The molecule has 0 aliphatic carbocycles. The Labute approximate surface area is 100 Å². The van der Waals surface area contributed by atoms with Crippen molar-refractivity contribution in [2.75, 3.05) is 19.5 Å². The zero-order valence-corrected chi connectivity index (χ0v) is 10.2. The minimum absolute atomic E-state index is 0.153. The van der Waals surface area contributed by atoms with E-state index >= 15 is 0 Å². The van der Waals surface area contributed by atoms with Crippen molar-refractivity contribution >= 4 is 16.0 Å². The van der Waals surface area contributed by atoms with Gasteiger partial charge in [-0.25, -0.2) is 4.99 Å². The molecule has 6 heteroatoms. The Morgan fingerprint density at radius 2 is 2.12 bits per heavy atom. The van der Waals surface area contributed by atoms with E-state index in [9.17, 15) is 8.42 Å². The third-order valence-corrected chi connectivity index (χ3v) is 3.68. The lowest BCUT2D eigenvalue weighted by atomic mass is 10.2. The number of hydrogen-bond donors (Lipinski definition) is 0. The summed E-state index contributed by atoms with van der Waals surface area (Å²) in [4.78, 5) is 4.23. The van der Waals surface area contributed by atoms with E-state index in [4.69, 9.17) is 4.74 Å². The van der Waals surface area contributed by atoms with Gasteiger partial charge in [-0.1, -0.05) is 18.2 Å². The van der Waals surface area contributed by atoms with Crippen LogP contribution in [-0.4, -0.2) is 39.8 Å². The zero-order valence-electron chi connectivity index (χ0n) is 9.37. The first kappa shape index (κ1) is 12.1. The van der Waals surface area contributed by atoms with E-state index in [-0.39, 0.29) is 12.4 Å². The summed E-state index contributed by atoms with van der Waals surface area (Å²) in [5, 5.41) is 0. The van der Waals surface area contributed by atoms with Crippen molar-refractivity contribution < 1.29 is 17.3 Å². The van der Waals surface area contributed by atoms with Crippen LogP contribution in [0.2, 0.25) is 0 Å². The summed E-state index contributed by atoms with van der Waals surface area (Å²) in [6.45, 7) is 0.271. The second-order valence-corrected chi connectivity index (χ2v) is 5.44. The Bertz CT molecular complexity index is 510. The topological polar surface area (TPSA) is 65.0 Å². The van der Waals surface area contributed by atoms with Crippen molar-refractivity contribution in [2.45, 2.75) is 6.04 Å². The Kier molecular flexibility index (Phi) is 3.44. The van der Waals surface area contributed by atoms with Gasteiger partial charge in [-0.3, -0.25) is 4.18 Å². The smallest absolute Gasteiger partial charge is 0.269 e. The van der Waals surface area contributed by atoms with Gasteiger partial charge in [-0.05, 0) is 12.1 Å². The first-order valence-corrected chi connectivity index (χ1v) is 6.73. The van der Waals surface area contributed by atoms with Gasteiger partial charge in [0, 0.05) is 5.56 Å². The van der Waals surface area contributed by atoms with Gasteiger partial charge in [0.1, 0.15) is 18.4 Å². The van der Waals surface area contributed by atoms with Crippen LogP contribution >= 0.6 is 0 Å². The van der Waals surface area contributed by atoms with Crippen LogP contribution in [0.15, 0.2) is 35.3 Å². The van der Waals surface area contributed by atoms with E-state index in [2.05, 4.69) is 9.18 Å². The maximum Gasteiger partial charge on any atom is 0.269 e. The largest absolute Gasteiger partial charge is 0.475 e. The van der Waals surface area contributed by atoms with Crippen LogP contribution in [0.5, 0.6) is 0 Å². The maximum absolute atomic E-state index is 11.3. The molecule has 0 saturated carbocycles. The molecule has 0 spiro atoms. The molecule has 0 N–H and O–H groups in total. The average molecular weight is 255 g/mol. The van der Waals surface area contributed by atoms with Gasteiger partial charge in [0.05, 0.1) is 7.11 Å². The third-order valence-electron chi connectivity index (χ3n) is 2.38. The van der Waals surface area contributed by atoms with Crippen LogP contribution in [0.4, 0.5) is 0 Å². The fraction of sp³-hybridized carbons (Fsp3) is 0.364. The van der Waals surface area contributed by atoms with Crippen molar-refractivity contribution in [3.63, 3.8) is 0 Å². The van der Waals surface area contributed by atoms with E-state index in [1.807, 2.05) is 30.3 Å². The quantitative estimate of drug-likeness (QED) is 0.747. The standard InChI is InChI=1S/C11H13NO4S/c1-15-17(13,14)8-10-7-16-11(12-10)9-5-3-2-4-6-9/h2-6,10H,7-8H2,1H3/t10-/m0/s1. The average Bonchev–Trinajstić information content (AvgIpc) is 2.78. The molecule has 1 aromatic rings. The normalized spacial score (nSPS) is 19.8. The molecule has 1 heterocycles. The van der Waals surface area contributed by atoms with Crippen LogP contribution in [0.1, 0.15) is 5.56 Å². The highest BCUT2D eigenvalue weighted by Crippen LogP contribution is 2.13. The van der Waals surface area contributed by atoms with E-state index in [0.717, 1.165) is 12.7 Å². The summed E-state index contributed by atoms with van der Waals surface area (Å²) in [5.74, 6) is 0.335. The summed E-state index contributed by atoms with van der Waals surface area (Å²) in [7, 11) is -2.35. The number of ether oxygens (including phenoxy) is 1. The van der Waals surface area contributed by atoms with E-state index in [1.54, 1.807) is 0 Å². The minimum atomic E-state index is -3.50. The number of hydrogen-bond acceptors (Lipinski definition) is 5. The highest BCUT2D eigenvalue weighted by Gasteiger charge is 2.25. The Morgan fingerprint density at radius 3 is 2.76 bits per heavy atom. The summed E-state index contributed by atoms with van der Waals surface area (Å²) in [6, 6.07) is 8.99. The van der Waals surface area contributed by atoms with Crippen molar-refractivity contribution in [2.24, 2.45) is 4.99 Å². The molecular weight excluding hydrogens is 242 g/mol. The van der Waals surface area contributed by atoms with Crippen LogP contribution in [0, 0.1) is 0 Å². The molecule has 0 fully saturated rings. The second-order valence-electron chi connectivity index (χ2n) is 3.66. The van der Waals surface area contributed by atoms with Gasteiger partial charge in [0.15, 0.2) is 0 Å². The van der Waals surface area contributed by atoms with Crippen molar-refractivity contribution in [3.05, 3.63) is 35.9 Å². The number of rotatable bonds is 4. The molecule has 0 amide bonds. The minimum Gasteiger partial charge on any atom is -0.475 e. The van der Waals surface area contributed by atoms with Gasteiger partial charge >= 0.3 is 0 Å². The molecule has 2 rings (SSSR count). The molecule has 17 heavy (non-hydrogen) atoms. The van der Waals surface area contributed by atoms with Gasteiger partial charge in [0.2, 0.25) is 5.90 Å². The molecule has 1 aliphatic rings. The fourth-order valence-electron chi connectivity index (χ4n) is 1.54. The van der Waals surface area contributed by atoms with Gasteiger partial charge in [-0.2, -0.15) is 8.42 Å². The molecule has 1 aromatic carbocycles. The predicted octanol–water partition coefficient (Wildman–Crippen LogP) is 0.808. The molecule has 0 saturated heterocycles. The summed E-state index contributed by atoms with van der Waals surface area (Å²) < 4.78 is 32.3. The molecule has 92 valence electrons. The molecule has 0 aromatic heterocycles. The lowest BCUT2D eigenvalue weighted by molar-refractivity contribution is 0.320. The molecule has 0 bridgehead atoms. The molecule has 1 atom stereocenters. The van der Waals surface area contributed by atoms with Crippen molar-refractivity contribution in [1.82, 2.24) is 0 Å². The predicted molar refractivity (Wildman–Crippen MR) is 63.5 cm³/mol. The summed E-state index contributed by atoms with van der Waals surface area (Å²) in [6.07, 6.45) is 0. The SMILES string of the molecule is COS(=O)(=O)C[C@@H]1COC(c2ccccc2)=N1.